The summed E-state index contributed by atoms with van der Waals surface area (Å²) < 4.78 is 15.4. The number of hydrogen-bond acceptors (Lipinski definition) is 3. The fourth-order valence-corrected chi connectivity index (χ4v) is 1.98. The van der Waals surface area contributed by atoms with Crippen molar-refractivity contribution < 1.29 is 9.31 Å². The van der Waals surface area contributed by atoms with Gasteiger partial charge in [-0.25, -0.2) is 0 Å². The van der Waals surface area contributed by atoms with Crippen molar-refractivity contribution in [3.8, 4) is 0 Å². The first kappa shape index (κ1) is 14.5. The molecule has 0 radical (unpaired) electrons. The molecule has 0 fully saturated rings. The molecule has 1 atom stereocenters. The van der Waals surface area contributed by atoms with Crippen LogP contribution in [0.3, 0.4) is 0 Å². The van der Waals surface area contributed by atoms with Crippen molar-refractivity contribution in [1.82, 2.24) is 9.78 Å². The van der Waals surface area contributed by atoms with E-state index in [2.05, 4.69) is 5.10 Å². The zero-order chi connectivity index (χ0) is 14.7. The molecule has 0 aliphatic rings. The van der Waals surface area contributed by atoms with Crippen LogP contribution in [0.4, 0.5) is 10.1 Å². The Balaban J connectivity index is 2.24. The predicted octanol–water partition coefficient (Wildman–Crippen LogP) is 3.67. The SMILES string of the molecule is CCC(Cl)c1cnn(Cc2cccc([N+](=O)[O-])c2F)c1. The van der Waals surface area contributed by atoms with Gasteiger partial charge < -0.3 is 0 Å². The van der Waals surface area contributed by atoms with Crippen molar-refractivity contribution >= 4 is 17.3 Å². The molecule has 1 aromatic carbocycles. The van der Waals surface area contributed by atoms with Gasteiger partial charge in [-0.2, -0.15) is 9.49 Å². The Morgan fingerprint density at radius 1 is 1.55 bits per heavy atom. The summed E-state index contributed by atoms with van der Waals surface area (Å²) in [6, 6.07) is 4.10. The Labute approximate surface area is 120 Å². The largest absolute Gasteiger partial charge is 0.305 e. The average molecular weight is 298 g/mol. The molecule has 0 aliphatic heterocycles. The van der Waals surface area contributed by atoms with Gasteiger partial charge in [0, 0.05) is 23.4 Å². The third-order valence-electron chi connectivity index (χ3n) is 2.96. The van der Waals surface area contributed by atoms with Crippen molar-refractivity contribution in [3.05, 3.63) is 57.7 Å². The quantitative estimate of drug-likeness (QED) is 0.480. The van der Waals surface area contributed by atoms with Gasteiger partial charge in [-0.05, 0) is 6.42 Å². The fraction of sp³-hybridized carbons (Fsp3) is 0.308. The average Bonchev–Trinajstić information content (AvgIpc) is 2.88. The minimum atomic E-state index is -0.826. The van der Waals surface area contributed by atoms with Crippen LogP contribution in [-0.2, 0) is 6.54 Å². The van der Waals surface area contributed by atoms with Gasteiger partial charge in [0.1, 0.15) is 0 Å². The zero-order valence-corrected chi connectivity index (χ0v) is 11.5. The summed E-state index contributed by atoms with van der Waals surface area (Å²) in [4.78, 5) is 9.95. The molecule has 7 heteroatoms. The van der Waals surface area contributed by atoms with E-state index < -0.39 is 16.4 Å². The first-order chi connectivity index (χ1) is 9.52. The van der Waals surface area contributed by atoms with E-state index in [1.54, 1.807) is 12.4 Å². The molecular formula is C13H13ClFN3O2. The molecule has 106 valence electrons. The highest BCUT2D eigenvalue weighted by Gasteiger charge is 2.17. The van der Waals surface area contributed by atoms with Crippen LogP contribution in [0.5, 0.6) is 0 Å². The first-order valence-electron chi connectivity index (χ1n) is 6.11. The van der Waals surface area contributed by atoms with Crippen LogP contribution in [0.15, 0.2) is 30.6 Å². The van der Waals surface area contributed by atoms with Crippen molar-refractivity contribution in [2.24, 2.45) is 0 Å². The normalized spacial score (nSPS) is 12.3. The number of benzene rings is 1. The highest BCUT2D eigenvalue weighted by Crippen LogP contribution is 2.24. The monoisotopic (exact) mass is 297 g/mol. The third kappa shape index (κ3) is 2.96. The highest BCUT2D eigenvalue weighted by molar-refractivity contribution is 6.20. The van der Waals surface area contributed by atoms with Crippen molar-refractivity contribution in [2.75, 3.05) is 0 Å². The lowest BCUT2D eigenvalue weighted by atomic mass is 10.2. The number of nitro groups is 1. The number of hydrogen-bond donors (Lipinski definition) is 0. The summed E-state index contributed by atoms with van der Waals surface area (Å²) in [5.41, 5.74) is 0.537. The van der Waals surface area contributed by atoms with Gasteiger partial charge in [-0.3, -0.25) is 14.8 Å². The minimum absolute atomic E-state index is 0.126. The second kappa shape index (κ2) is 6.00. The van der Waals surface area contributed by atoms with Gasteiger partial charge in [-0.1, -0.05) is 19.1 Å². The number of halogens is 2. The van der Waals surface area contributed by atoms with Gasteiger partial charge in [0.25, 0.3) is 0 Å². The summed E-state index contributed by atoms with van der Waals surface area (Å²) in [7, 11) is 0. The fourth-order valence-electron chi connectivity index (χ4n) is 1.87. The summed E-state index contributed by atoms with van der Waals surface area (Å²) in [5, 5.41) is 14.6. The summed E-state index contributed by atoms with van der Waals surface area (Å²) in [5.74, 6) is -0.826. The molecule has 0 N–H and O–H groups in total. The Hall–Kier alpha value is -1.95. The van der Waals surface area contributed by atoms with Crippen LogP contribution in [-0.4, -0.2) is 14.7 Å². The van der Waals surface area contributed by atoms with Gasteiger partial charge in [0.05, 0.1) is 23.0 Å². The predicted molar refractivity (Wildman–Crippen MR) is 73.3 cm³/mol. The Kier molecular flexibility index (Phi) is 4.34. The number of aromatic nitrogens is 2. The molecule has 1 unspecified atom stereocenters. The van der Waals surface area contributed by atoms with Crippen LogP contribution < -0.4 is 0 Å². The van der Waals surface area contributed by atoms with Gasteiger partial charge in [0.2, 0.25) is 5.82 Å². The van der Waals surface area contributed by atoms with Crippen molar-refractivity contribution in [2.45, 2.75) is 25.3 Å². The van der Waals surface area contributed by atoms with E-state index in [0.717, 1.165) is 18.1 Å². The van der Waals surface area contributed by atoms with E-state index in [1.807, 2.05) is 6.92 Å². The lowest BCUT2D eigenvalue weighted by Crippen LogP contribution is -2.04. The van der Waals surface area contributed by atoms with Crippen LogP contribution in [0.1, 0.15) is 29.8 Å². The smallest absolute Gasteiger partial charge is 0.268 e. The van der Waals surface area contributed by atoms with Crippen LogP contribution >= 0.6 is 11.6 Å². The van der Waals surface area contributed by atoms with Crippen LogP contribution in [0.25, 0.3) is 0 Å². The van der Waals surface area contributed by atoms with Crippen LogP contribution in [0, 0.1) is 15.9 Å². The first-order valence-corrected chi connectivity index (χ1v) is 6.54. The van der Waals surface area contributed by atoms with E-state index in [-0.39, 0.29) is 17.5 Å². The molecule has 2 rings (SSSR count). The summed E-state index contributed by atoms with van der Waals surface area (Å²) >= 11 is 6.09. The minimum Gasteiger partial charge on any atom is -0.268 e. The van der Waals surface area contributed by atoms with Gasteiger partial charge in [0.15, 0.2) is 0 Å². The van der Waals surface area contributed by atoms with Crippen LogP contribution in [0.2, 0.25) is 0 Å². The van der Waals surface area contributed by atoms with Gasteiger partial charge in [-0.15, -0.1) is 11.6 Å². The zero-order valence-electron chi connectivity index (χ0n) is 10.8. The van der Waals surface area contributed by atoms with E-state index in [9.17, 15) is 14.5 Å². The molecule has 1 aromatic heterocycles. The van der Waals surface area contributed by atoms with E-state index in [0.29, 0.717) is 0 Å². The van der Waals surface area contributed by atoms with Gasteiger partial charge >= 0.3 is 5.69 Å². The molecule has 0 saturated carbocycles. The second-order valence-corrected chi connectivity index (χ2v) is 4.88. The number of alkyl halides is 1. The molecule has 0 spiro atoms. The van der Waals surface area contributed by atoms with Crippen molar-refractivity contribution in [3.63, 3.8) is 0 Å². The molecule has 20 heavy (non-hydrogen) atoms. The molecule has 1 heterocycles. The molecular weight excluding hydrogens is 285 g/mol. The number of nitro benzene ring substituents is 1. The maximum absolute atomic E-state index is 13.9. The maximum atomic E-state index is 13.9. The molecule has 0 amide bonds. The maximum Gasteiger partial charge on any atom is 0.305 e. The topological polar surface area (TPSA) is 61.0 Å². The molecule has 2 aromatic rings. The summed E-state index contributed by atoms with van der Waals surface area (Å²) in [6.45, 7) is 2.08. The van der Waals surface area contributed by atoms with Crippen molar-refractivity contribution in [1.29, 1.82) is 0 Å². The van der Waals surface area contributed by atoms with E-state index >= 15 is 0 Å². The highest BCUT2D eigenvalue weighted by atomic mass is 35.5. The standard InChI is InChI=1S/C13H13ClFN3O2/c1-2-11(14)10-6-16-17(8-10)7-9-4-3-5-12(13(9)15)18(19)20/h3-6,8,11H,2,7H2,1H3. The molecule has 0 aliphatic carbocycles. The lowest BCUT2D eigenvalue weighted by molar-refractivity contribution is -0.387. The van der Waals surface area contributed by atoms with E-state index in [1.165, 1.54) is 16.8 Å². The molecule has 0 saturated heterocycles. The number of nitrogens with zero attached hydrogens (tertiary/aromatic N) is 3. The molecule has 0 bridgehead atoms. The third-order valence-corrected chi connectivity index (χ3v) is 3.52. The lowest BCUT2D eigenvalue weighted by Gasteiger charge is -2.04. The van der Waals surface area contributed by atoms with E-state index in [4.69, 9.17) is 11.6 Å². The Morgan fingerprint density at radius 3 is 2.95 bits per heavy atom. The Bertz CT molecular complexity index is 630. The molecule has 5 nitrogen and oxygen atoms in total. The number of rotatable bonds is 5. The second-order valence-electron chi connectivity index (χ2n) is 4.35. The summed E-state index contributed by atoms with van der Waals surface area (Å²) in [6.07, 6.45) is 4.11. The Morgan fingerprint density at radius 2 is 2.30 bits per heavy atom.